The Morgan fingerprint density at radius 2 is 1.64 bits per heavy atom. The monoisotopic (exact) mass is 460 g/mol. The maximum Gasteiger partial charge on any atom is 0.263 e. The van der Waals surface area contributed by atoms with E-state index in [-0.39, 0.29) is 23.9 Å². The van der Waals surface area contributed by atoms with Gasteiger partial charge in [0.2, 0.25) is 11.8 Å². The van der Waals surface area contributed by atoms with Gasteiger partial charge in [0, 0.05) is 28.7 Å². The summed E-state index contributed by atoms with van der Waals surface area (Å²) in [5, 5.41) is 5.99. The first-order chi connectivity index (χ1) is 15.7. The van der Waals surface area contributed by atoms with E-state index < -0.39 is 0 Å². The predicted molar refractivity (Wildman–Crippen MR) is 133 cm³/mol. The maximum absolute atomic E-state index is 13.3. The highest BCUT2D eigenvalue weighted by molar-refractivity contribution is 7.19. The number of nitrogens with zero attached hydrogens (tertiary/aromatic N) is 2. The molecule has 0 bridgehead atoms. The highest BCUT2D eigenvalue weighted by Gasteiger charge is 2.18. The van der Waals surface area contributed by atoms with Gasteiger partial charge in [-0.15, -0.1) is 11.3 Å². The second-order valence-electron chi connectivity index (χ2n) is 8.00. The number of carbonyl (C=O) groups excluding carboxylic acids is 2. The van der Waals surface area contributed by atoms with Gasteiger partial charge in [-0.1, -0.05) is 18.2 Å². The van der Waals surface area contributed by atoms with Gasteiger partial charge in [-0.3, -0.25) is 19.0 Å². The van der Waals surface area contributed by atoms with Crippen LogP contribution in [0.1, 0.15) is 22.9 Å². The van der Waals surface area contributed by atoms with Crippen molar-refractivity contribution in [2.24, 2.45) is 0 Å². The highest BCUT2D eigenvalue weighted by atomic mass is 32.1. The number of hydrogen-bond donors (Lipinski definition) is 2. The first kappa shape index (κ1) is 22.4. The first-order valence-corrected chi connectivity index (χ1v) is 11.3. The van der Waals surface area contributed by atoms with E-state index in [9.17, 15) is 14.4 Å². The third-order valence-corrected chi connectivity index (χ3v) is 6.47. The zero-order valence-corrected chi connectivity index (χ0v) is 19.7. The van der Waals surface area contributed by atoms with Crippen LogP contribution in [0.15, 0.2) is 53.6 Å². The molecule has 4 rings (SSSR count). The number of aryl methyl sites for hydroxylation is 3. The quantitative estimate of drug-likeness (QED) is 0.453. The zero-order valence-electron chi connectivity index (χ0n) is 18.9. The van der Waals surface area contributed by atoms with Gasteiger partial charge in [0.1, 0.15) is 11.4 Å². The van der Waals surface area contributed by atoms with Gasteiger partial charge in [0.25, 0.3) is 5.56 Å². The van der Waals surface area contributed by atoms with Gasteiger partial charge < -0.3 is 10.6 Å². The Morgan fingerprint density at radius 3 is 2.27 bits per heavy atom. The number of aromatic nitrogens is 2. The summed E-state index contributed by atoms with van der Waals surface area (Å²) in [6.07, 6.45) is 1.42. The predicted octanol–water partition coefficient (Wildman–Crippen LogP) is 4.65. The molecule has 0 spiro atoms. The standard InChI is InChI=1S/C25H24N4O3S/c1-14-5-6-18(11-15(14)2)22-16(3)33-24-23(22)25(32)29(13-26-24)12-21(31)28-20-9-7-19(8-10-20)27-17(4)30/h5-11,13H,12H2,1-4H3,(H,27,30)(H,28,31). The first-order valence-electron chi connectivity index (χ1n) is 10.5. The average Bonchev–Trinajstić information content (AvgIpc) is 3.10. The summed E-state index contributed by atoms with van der Waals surface area (Å²) >= 11 is 1.48. The fourth-order valence-corrected chi connectivity index (χ4v) is 4.69. The minimum absolute atomic E-state index is 0.156. The lowest BCUT2D eigenvalue weighted by Gasteiger charge is -2.09. The van der Waals surface area contributed by atoms with Crippen LogP contribution >= 0.6 is 11.3 Å². The van der Waals surface area contributed by atoms with E-state index in [1.165, 1.54) is 34.7 Å². The van der Waals surface area contributed by atoms with E-state index in [2.05, 4.69) is 28.6 Å². The van der Waals surface area contributed by atoms with Crippen molar-refractivity contribution in [3.05, 3.63) is 75.1 Å². The van der Waals surface area contributed by atoms with Crippen LogP contribution in [0.25, 0.3) is 21.3 Å². The van der Waals surface area contributed by atoms with Crippen LogP contribution in [-0.4, -0.2) is 21.4 Å². The van der Waals surface area contributed by atoms with E-state index in [0.717, 1.165) is 21.6 Å². The second-order valence-corrected chi connectivity index (χ2v) is 9.20. The van der Waals surface area contributed by atoms with Crippen LogP contribution in [0, 0.1) is 20.8 Å². The summed E-state index contributed by atoms with van der Waals surface area (Å²) in [7, 11) is 0. The number of amides is 2. The van der Waals surface area contributed by atoms with E-state index in [0.29, 0.717) is 21.6 Å². The minimum Gasteiger partial charge on any atom is -0.326 e. The molecular formula is C25H24N4O3S. The topological polar surface area (TPSA) is 93.1 Å². The molecule has 8 heteroatoms. The number of rotatable bonds is 5. The molecule has 2 N–H and O–H groups in total. The fraction of sp³-hybridized carbons (Fsp3) is 0.200. The molecular weight excluding hydrogens is 436 g/mol. The lowest BCUT2D eigenvalue weighted by atomic mass is 9.99. The highest BCUT2D eigenvalue weighted by Crippen LogP contribution is 2.36. The summed E-state index contributed by atoms with van der Waals surface area (Å²) in [5.74, 6) is -0.511. The lowest BCUT2D eigenvalue weighted by molar-refractivity contribution is -0.117. The third-order valence-electron chi connectivity index (χ3n) is 5.45. The molecule has 4 aromatic rings. The molecule has 0 unspecified atom stereocenters. The van der Waals surface area contributed by atoms with Crippen LogP contribution < -0.4 is 16.2 Å². The smallest absolute Gasteiger partial charge is 0.263 e. The molecule has 2 aromatic carbocycles. The molecule has 7 nitrogen and oxygen atoms in total. The van der Waals surface area contributed by atoms with Gasteiger partial charge in [-0.2, -0.15) is 0 Å². The number of carbonyl (C=O) groups is 2. The Morgan fingerprint density at radius 1 is 0.970 bits per heavy atom. The Labute approximate surface area is 195 Å². The fourth-order valence-electron chi connectivity index (χ4n) is 3.69. The van der Waals surface area contributed by atoms with Gasteiger partial charge >= 0.3 is 0 Å². The molecule has 0 fully saturated rings. The Bertz CT molecular complexity index is 1430. The Balaban J connectivity index is 1.61. The molecule has 0 saturated carbocycles. The van der Waals surface area contributed by atoms with E-state index in [1.54, 1.807) is 24.3 Å². The molecule has 168 valence electrons. The number of fused-ring (bicyclic) bond motifs is 1. The van der Waals surface area contributed by atoms with Gasteiger partial charge in [0.05, 0.1) is 11.7 Å². The van der Waals surface area contributed by atoms with E-state index in [1.807, 2.05) is 26.0 Å². The van der Waals surface area contributed by atoms with Crippen LogP contribution in [0.2, 0.25) is 0 Å². The molecule has 2 aromatic heterocycles. The zero-order chi connectivity index (χ0) is 23.7. The van der Waals surface area contributed by atoms with Crippen LogP contribution in [0.5, 0.6) is 0 Å². The van der Waals surface area contributed by atoms with Crippen molar-refractivity contribution in [2.45, 2.75) is 34.2 Å². The summed E-state index contributed by atoms with van der Waals surface area (Å²) in [5.41, 5.74) is 5.15. The second kappa shape index (κ2) is 8.99. The summed E-state index contributed by atoms with van der Waals surface area (Å²) in [6, 6.07) is 12.9. The normalized spacial score (nSPS) is 10.9. The summed E-state index contributed by atoms with van der Waals surface area (Å²) in [6.45, 7) is 7.36. The van der Waals surface area contributed by atoms with Crippen molar-refractivity contribution in [2.75, 3.05) is 10.6 Å². The van der Waals surface area contributed by atoms with Crippen molar-refractivity contribution >= 4 is 44.7 Å². The molecule has 0 saturated heterocycles. The maximum atomic E-state index is 13.3. The number of nitrogens with one attached hydrogen (secondary N) is 2. The number of anilines is 2. The molecule has 0 atom stereocenters. The third kappa shape index (κ3) is 4.70. The van der Waals surface area contributed by atoms with Gasteiger partial charge in [-0.05, 0) is 61.7 Å². The lowest BCUT2D eigenvalue weighted by Crippen LogP contribution is -2.27. The molecule has 33 heavy (non-hydrogen) atoms. The molecule has 0 aliphatic carbocycles. The van der Waals surface area contributed by atoms with E-state index in [4.69, 9.17) is 0 Å². The molecule has 2 heterocycles. The van der Waals surface area contributed by atoms with Crippen LogP contribution in [-0.2, 0) is 16.1 Å². The van der Waals surface area contributed by atoms with Crippen LogP contribution in [0.3, 0.4) is 0 Å². The van der Waals surface area contributed by atoms with Gasteiger partial charge in [-0.25, -0.2) is 4.98 Å². The number of benzene rings is 2. The SMILES string of the molecule is CC(=O)Nc1ccc(NC(=O)Cn2cnc3sc(C)c(-c4ccc(C)c(C)c4)c3c2=O)cc1. The Kier molecular flexibility index (Phi) is 6.11. The van der Waals surface area contributed by atoms with Crippen molar-refractivity contribution in [1.82, 2.24) is 9.55 Å². The minimum atomic E-state index is -0.342. The molecule has 0 aliphatic rings. The van der Waals surface area contributed by atoms with E-state index >= 15 is 0 Å². The number of thiophene rings is 1. The largest absolute Gasteiger partial charge is 0.326 e. The summed E-state index contributed by atoms with van der Waals surface area (Å²) in [4.78, 5) is 43.2. The van der Waals surface area contributed by atoms with Crippen molar-refractivity contribution < 1.29 is 9.59 Å². The average molecular weight is 461 g/mol. The van der Waals surface area contributed by atoms with Crippen molar-refractivity contribution in [3.8, 4) is 11.1 Å². The molecule has 0 aliphatic heterocycles. The van der Waals surface area contributed by atoms with Gasteiger partial charge in [0.15, 0.2) is 0 Å². The van der Waals surface area contributed by atoms with Crippen LogP contribution in [0.4, 0.5) is 11.4 Å². The van der Waals surface area contributed by atoms with Crippen molar-refractivity contribution in [1.29, 1.82) is 0 Å². The summed E-state index contributed by atoms with van der Waals surface area (Å²) < 4.78 is 1.33. The molecule has 2 amide bonds. The Hall–Kier alpha value is -3.78. The van der Waals surface area contributed by atoms with Crippen molar-refractivity contribution in [3.63, 3.8) is 0 Å². The number of hydrogen-bond acceptors (Lipinski definition) is 5. The molecule has 0 radical (unpaired) electrons.